The van der Waals surface area contributed by atoms with Gasteiger partial charge in [0, 0.05) is 32.8 Å². The second-order valence-electron chi connectivity index (χ2n) is 5.34. The Morgan fingerprint density at radius 2 is 2.22 bits per heavy atom. The lowest BCUT2D eigenvalue weighted by molar-refractivity contribution is 0.0128. The molecule has 98 valence electrons. The molecule has 2 aliphatic rings. The van der Waals surface area contributed by atoms with Gasteiger partial charge in [-0.2, -0.15) is 0 Å². The number of ether oxygens (including phenoxy) is 1. The molecule has 1 saturated heterocycles. The van der Waals surface area contributed by atoms with Gasteiger partial charge in [-0.25, -0.2) is 0 Å². The predicted octanol–water partition coefficient (Wildman–Crippen LogP) is 1.94. The lowest BCUT2D eigenvalue weighted by Gasteiger charge is -2.40. The van der Waals surface area contributed by atoms with E-state index in [9.17, 15) is 0 Å². The van der Waals surface area contributed by atoms with E-state index < -0.39 is 0 Å². The molecule has 1 aromatic carbocycles. The van der Waals surface area contributed by atoms with Crippen molar-refractivity contribution >= 4 is 0 Å². The van der Waals surface area contributed by atoms with Crippen molar-refractivity contribution in [3.8, 4) is 0 Å². The molecule has 3 nitrogen and oxygen atoms in total. The van der Waals surface area contributed by atoms with Crippen molar-refractivity contribution in [1.29, 1.82) is 0 Å². The Morgan fingerprint density at radius 1 is 1.33 bits per heavy atom. The largest absolute Gasteiger partial charge is 0.380 e. The van der Waals surface area contributed by atoms with Gasteiger partial charge in [-0.1, -0.05) is 24.3 Å². The SMILES string of the molecule is COC1CCCN(C2CNCc3ccccc32)C1. The number of fused-ring (bicyclic) bond motifs is 1. The minimum atomic E-state index is 0.410. The molecule has 1 aromatic rings. The highest BCUT2D eigenvalue weighted by Crippen LogP contribution is 2.29. The van der Waals surface area contributed by atoms with Crippen LogP contribution in [0, 0.1) is 0 Å². The fourth-order valence-electron chi connectivity index (χ4n) is 3.24. The van der Waals surface area contributed by atoms with Crippen LogP contribution in [0.4, 0.5) is 0 Å². The minimum Gasteiger partial charge on any atom is -0.380 e. The van der Waals surface area contributed by atoms with Crippen LogP contribution in [0.2, 0.25) is 0 Å². The zero-order valence-electron chi connectivity index (χ0n) is 11.1. The number of piperidine rings is 1. The number of hydrogen-bond donors (Lipinski definition) is 1. The van der Waals surface area contributed by atoms with Crippen LogP contribution in [0.1, 0.15) is 30.0 Å². The van der Waals surface area contributed by atoms with Gasteiger partial charge in [0.25, 0.3) is 0 Å². The number of likely N-dealkylation sites (tertiary alicyclic amines) is 1. The Labute approximate surface area is 109 Å². The van der Waals surface area contributed by atoms with Crippen molar-refractivity contribution in [3.63, 3.8) is 0 Å². The number of nitrogens with one attached hydrogen (secondary N) is 1. The van der Waals surface area contributed by atoms with E-state index in [2.05, 4.69) is 34.5 Å². The molecule has 3 heteroatoms. The number of rotatable bonds is 2. The Morgan fingerprint density at radius 3 is 3.11 bits per heavy atom. The molecular formula is C15H22N2O. The van der Waals surface area contributed by atoms with Gasteiger partial charge in [0.15, 0.2) is 0 Å². The molecule has 0 aromatic heterocycles. The average molecular weight is 246 g/mol. The molecule has 0 saturated carbocycles. The van der Waals surface area contributed by atoms with Crippen LogP contribution >= 0.6 is 0 Å². The molecule has 3 rings (SSSR count). The lowest BCUT2D eigenvalue weighted by Crippen LogP contribution is -2.46. The molecule has 2 aliphatic heterocycles. The van der Waals surface area contributed by atoms with Crippen LogP contribution in [-0.4, -0.2) is 37.7 Å². The predicted molar refractivity (Wildman–Crippen MR) is 72.5 cm³/mol. The van der Waals surface area contributed by atoms with E-state index in [1.807, 2.05) is 7.11 Å². The fraction of sp³-hybridized carbons (Fsp3) is 0.600. The van der Waals surface area contributed by atoms with E-state index in [1.54, 1.807) is 0 Å². The van der Waals surface area contributed by atoms with Gasteiger partial charge in [-0.3, -0.25) is 4.90 Å². The molecule has 2 heterocycles. The quantitative estimate of drug-likeness (QED) is 0.863. The summed E-state index contributed by atoms with van der Waals surface area (Å²) in [4.78, 5) is 2.59. The number of methoxy groups -OCH3 is 1. The molecular weight excluding hydrogens is 224 g/mol. The maximum Gasteiger partial charge on any atom is 0.0698 e. The van der Waals surface area contributed by atoms with Gasteiger partial charge < -0.3 is 10.1 Å². The maximum atomic E-state index is 5.54. The summed E-state index contributed by atoms with van der Waals surface area (Å²) < 4.78 is 5.54. The number of benzene rings is 1. The Bertz CT molecular complexity index is 407. The average Bonchev–Trinajstić information content (AvgIpc) is 2.47. The summed E-state index contributed by atoms with van der Waals surface area (Å²) in [6, 6.07) is 9.35. The molecule has 0 radical (unpaired) electrons. The van der Waals surface area contributed by atoms with Crippen molar-refractivity contribution in [3.05, 3.63) is 35.4 Å². The van der Waals surface area contributed by atoms with Gasteiger partial charge in [0.05, 0.1) is 6.10 Å². The van der Waals surface area contributed by atoms with Crippen molar-refractivity contribution in [2.75, 3.05) is 26.7 Å². The smallest absolute Gasteiger partial charge is 0.0698 e. The Balaban J connectivity index is 1.80. The Kier molecular flexibility index (Phi) is 3.64. The van der Waals surface area contributed by atoms with E-state index in [-0.39, 0.29) is 0 Å². The van der Waals surface area contributed by atoms with Crippen LogP contribution in [0.15, 0.2) is 24.3 Å². The summed E-state index contributed by atoms with van der Waals surface area (Å²) in [5, 5.41) is 3.54. The van der Waals surface area contributed by atoms with Crippen LogP contribution in [-0.2, 0) is 11.3 Å². The third kappa shape index (κ3) is 2.30. The summed E-state index contributed by atoms with van der Waals surface area (Å²) in [6.07, 6.45) is 2.86. The van der Waals surface area contributed by atoms with E-state index >= 15 is 0 Å². The van der Waals surface area contributed by atoms with Crippen molar-refractivity contribution in [2.45, 2.75) is 31.5 Å². The highest BCUT2D eigenvalue weighted by Gasteiger charge is 2.29. The molecule has 1 N–H and O–H groups in total. The molecule has 2 unspecified atom stereocenters. The minimum absolute atomic E-state index is 0.410. The highest BCUT2D eigenvalue weighted by atomic mass is 16.5. The third-order valence-electron chi connectivity index (χ3n) is 4.25. The first kappa shape index (κ1) is 12.2. The molecule has 0 bridgehead atoms. The normalized spacial score (nSPS) is 28.9. The molecule has 2 atom stereocenters. The van der Waals surface area contributed by atoms with Gasteiger partial charge >= 0.3 is 0 Å². The highest BCUT2D eigenvalue weighted by molar-refractivity contribution is 5.32. The van der Waals surface area contributed by atoms with Crippen LogP contribution in [0.25, 0.3) is 0 Å². The summed E-state index contributed by atoms with van der Waals surface area (Å²) in [5.41, 5.74) is 2.96. The second kappa shape index (κ2) is 5.39. The first-order chi connectivity index (χ1) is 8.88. The number of nitrogens with zero attached hydrogens (tertiary/aromatic N) is 1. The van der Waals surface area contributed by atoms with Crippen LogP contribution in [0.5, 0.6) is 0 Å². The molecule has 0 aliphatic carbocycles. The summed E-state index contributed by atoms with van der Waals surface area (Å²) in [6.45, 7) is 4.33. The van der Waals surface area contributed by atoms with E-state index in [0.717, 1.165) is 19.6 Å². The van der Waals surface area contributed by atoms with Crippen LogP contribution < -0.4 is 5.32 Å². The van der Waals surface area contributed by atoms with E-state index in [4.69, 9.17) is 4.74 Å². The van der Waals surface area contributed by atoms with E-state index in [1.165, 1.54) is 30.5 Å². The van der Waals surface area contributed by atoms with Crippen molar-refractivity contribution < 1.29 is 4.74 Å². The summed E-state index contributed by atoms with van der Waals surface area (Å²) in [5.74, 6) is 0. The molecule has 18 heavy (non-hydrogen) atoms. The van der Waals surface area contributed by atoms with Gasteiger partial charge in [0.1, 0.15) is 0 Å². The molecule has 0 amide bonds. The van der Waals surface area contributed by atoms with Crippen molar-refractivity contribution in [2.24, 2.45) is 0 Å². The summed E-state index contributed by atoms with van der Waals surface area (Å²) in [7, 11) is 1.83. The van der Waals surface area contributed by atoms with E-state index in [0.29, 0.717) is 12.1 Å². The first-order valence-electron chi connectivity index (χ1n) is 6.94. The lowest BCUT2D eigenvalue weighted by atomic mass is 9.93. The zero-order valence-corrected chi connectivity index (χ0v) is 11.1. The zero-order chi connectivity index (χ0) is 12.4. The molecule has 0 spiro atoms. The van der Waals surface area contributed by atoms with Crippen molar-refractivity contribution in [1.82, 2.24) is 10.2 Å². The topological polar surface area (TPSA) is 24.5 Å². The summed E-state index contributed by atoms with van der Waals surface area (Å²) >= 11 is 0. The van der Waals surface area contributed by atoms with Gasteiger partial charge in [0.2, 0.25) is 0 Å². The number of hydrogen-bond acceptors (Lipinski definition) is 3. The fourth-order valence-corrected chi connectivity index (χ4v) is 3.24. The van der Waals surface area contributed by atoms with Gasteiger partial charge in [-0.15, -0.1) is 0 Å². The standard InChI is InChI=1S/C15H22N2O/c1-18-13-6-4-8-17(11-13)15-10-16-9-12-5-2-3-7-14(12)15/h2-3,5,7,13,15-16H,4,6,8-11H2,1H3. The monoisotopic (exact) mass is 246 g/mol. The van der Waals surface area contributed by atoms with Crippen LogP contribution in [0.3, 0.4) is 0 Å². The Hall–Kier alpha value is -0.900. The second-order valence-corrected chi connectivity index (χ2v) is 5.34. The first-order valence-corrected chi connectivity index (χ1v) is 6.94. The van der Waals surface area contributed by atoms with Gasteiger partial charge in [-0.05, 0) is 30.5 Å². The maximum absolute atomic E-state index is 5.54. The third-order valence-corrected chi connectivity index (χ3v) is 4.25. The molecule has 1 fully saturated rings.